The molecule has 14 heavy (non-hydrogen) atoms. The summed E-state index contributed by atoms with van der Waals surface area (Å²) in [5.41, 5.74) is 5.37. The Balaban J connectivity index is 2.38. The van der Waals surface area contributed by atoms with Crippen LogP contribution in [0.15, 0.2) is 0 Å². The second-order valence-corrected chi connectivity index (χ2v) is 4.83. The average Bonchev–Trinajstić information content (AvgIpc) is 2.11. The molecule has 0 radical (unpaired) electrons. The van der Waals surface area contributed by atoms with Crippen LogP contribution in [-0.2, 0) is 4.79 Å². The Hall–Kier alpha value is -0.570. The molecule has 1 rings (SSSR count). The van der Waals surface area contributed by atoms with Crippen molar-refractivity contribution >= 4 is 5.91 Å². The van der Waals surface area contributed by atoms with Gasteiger partial charge in [-0.1, -0.05) is 6.92 Å². The van der Waals surface area contributed by atoms with Crippen molar-refractivity contribution in [3.8, 4) is 0 Å². The zero-order chi connectivity index (χ0) is 10.6. The van der Waals surface area contributed by atoms with Crippen LogP contribution < -0.4 is 11.1 Å². The Morgan fingerprint density at radius 1 is 1.50 bits per heavy atom. The number of nitrogens with one attached hydrogen (secondary N) is 1. The highest BCUT2D eigenvalue weighted by Gasteiger charge is 2.30. The summed E-state index contributed by atoms with van der Waals surface area (Å²) in [6, 6.07) is 0. The van der Waals surface area contributed by atoms with Gasteiger partial charge >= 0.3 is 0 Å². The van der Waals surface area contributed by atoms with Crippen LogP contribution in [0.25, 0.3) is 0 Å². The van der Waals surface area contributed by atoms with E-state index in [0.717, 1.165) is 18.8 Å². The molecule has 3 N–H and O–H groups in total. The Morgan fingerprint density at radius 3 is 2.57 bits per heavy atom. The molecular formula is C11H22N2O. The van der Waals surface area contributed by atoms with Gasteiger partial charge in [-0.15, -0.1) is 0 Å². The molecule has 1 fully saturated rings. The lowest BCUT2D eigenvalue weighted by molar-refractivity contribution is -0.123. The van der Waals surface area contributed by atoms with Crippen LogP contribution in [0.2, 0.25) is 0 Å². The third-order valence-electron chi connectivity index (χ3n) is 3.19. The summed E-state index contributed by atoms with van der Waals surface area (Å²) in [5.74, 6) is 0.916. The first-order valence-corrected chi connectivity index (χ1v) is 5.57. The molecule has 0 aliphatic heterocycles. The van der Waals surface area contributed by atoms with Gasteiger partial charge in [0.05, 0.1) is 0 Å². The summed E-state index contributed by atoms with van der Waals surface area (Å²) in [5, 5.41) is 3.10. The molecule has 3 heteroatoms. The van der Waals surface area contributed by atoms with Gasteiger partial charge in [-0.3, -0.25) is 4.79 Å². The van der Waals surface area contributed by atoms with Crippen molar-refractivity contribution in [2.45, 2.75) is 51.5 Å². The van der Waals surface area contributed by atoms with E-state index >= 15 is 0 Å². The number of hydrogen-bond acceptors (Lipinski definition) is 2. The van der Waals surface area contributed by atoms with Gasteiger partial charge in [0.1, 0.15) is 0 Å². The van der Waals surface area contributed by atoms with Gasteiger partial charge in [0, 0.05) is 18.5 Å². The van der Waals surface area contributed by atoms with E-state index in [1.165, 1.54) is 12.8 Å². The lowest BCUT2D eigenvalue weighted by atomic mass is 9.78. The fourth-order valence-corrected chi connectivity index (χ4v) is 2.05. The van der Waals surface area contributed by atoms with Gasteiger partial charge in [-0.2, -0.15) is 0 Å². The highest BCUT2D eigenvalue weighted by molar-refractivity contribution is 5.76. The van der Waals surface area contributed by atoms with Gasteiger partial charge in [0.25, 0.3) is 0 Å². The van der Waals surface area contributed by atoms with E-state index in [1.54, 1.807) is 0 Å². The zero-order valence-electron chi connectivity index (χ0n) is 9.31. The van der Waals surface area contributed by atoms with Gasteiger partial charge < -0.3 is 11.1 Å². The smallest absolute Gasteiger partial charge is 0.221 e. The fourth-order valence-electron chi connectivity index (χ4n) is 2.05. The van der Waals surface area contributed by atoms with Crippen LogP contribution in [-0.4, -0.2) is 18.0 Å². The largest absolute Gasteiger partial charge is 0.351 e. The standard InChI is InChI=1S/C11H22N2O/c1-9-3-6-11(2,7-4-9)13-10(14)5-8-12/h9H,3-8,12H2,1-2H3,(H,13,14). The van der Waals surface area contributed by atoms with Crippen molar-refractivity contribution in [3.63, 3.8) is 0 Å². The van der Waals surface area contributed by atoms with E-state index in [0.29, 0.717) is 13.0 Å². The molecule has 0 saturated heterocycles. The summed E-state index contributed by atoms with van der Waals surface area (Å²) in [7, 11) is 0. The summed E-state index contributed by atoms with van der Waals surface area (Å²) >= 11 is 0. The van der Waals surface area contributed by atoms with Crippen LogP contribution in [0.3, 0.4) is 0 Å². The van der Waals surface area contributed by atoms with Gasteiger partial charge in [-0.05, 0) is 38.5 Å². The lowest BCUT2D eigenvalue weighted by Gasteiger charge is -2.37. The van der Waals surface area contributed by atoms with Crippen molar-refractivity contribution in [1.29, 1.82) is 0 Å². The van der Waals surface area contributed by atoms with E-state index in [9.17, 15) is 4.79 Å². The van der Waals surface area contributed by atoms with Crippen LogP contribution in [0.5, 0.6) is 0 Å². The van der Waals surface area contributed by atoms with Crippen molar-refractivity contribution in [2.75, 3.05) is 6.54 Å². The molecule has 0 spiro atoms. The van der Waals surface area contributed by atoms with Crippen molar-refractivity contribution in [2.24, 2.45) is 11.7 Å². The highest BCUT2D eigenvalue weighted by atomic mass is 16.1. The minimum Gasteiger partial charge on any atom is -0.351 e. The van der Waals surface area contributed by atoms with Crippen LogP contribution in [0, 0.1) is 5.92 Å². The first-order chi connectivity index (χ1) is 6.56. The Morgan fingerprint density at radius 2 is 2.07 bits per heavy atom. The molecule has 0 heterocycles. The lowest BCUT2D eigenvalue weighted by Crippen LogP contribution is -2.48. The normalized spacial score (nSPS) is 32.6. The monoisotopic (exact) mass is 198 g/mol. The first kappa shape index (κ1) is 11.5. The second-order valence-electron chi connectivity index (χ2n) is 4.83. The molecule has 0 bridgehead atoms. The maximum atomic E-state index is 11.4. The first-order valence-electron chi connectivity index (χ1n) is 5.57. The van der Waals surface area contributed by atoms with Crippen LogP contribution in [0.4, 0.5) is 0 Å². The number of nitrogens with two attached hydrogens (primary N) is 1. The summed E-state index contributed by atoms with van der Waals surface area (Å²) in [4.78, 5) is 11.4. The molecule has 1 aliphatic carbocycles. The van der Waals surface area contributed by atoms with Crippen molar-refractivity contribution < 1.29 is 4.79 Å². The Labute approximate surface area is 86.4 Å². The number of carbonyl (C=O) groups is 1. The molecular weight excluding hydrogens is 176 g/mol. The van der Waals surface area contributed by atoms with E-state index in [2.05, 4.69) is 19.2 Å². The molecule has 82 valence electrons. The van der Waals surface area contributed by atoms with Gasteiger partial charge in [0.15, 0.2) is 0 Å². The molecule has 0 aromatic carbocycles. The molecule has 0 aromatic heterocycles. The molecule has 1 amide bonds. The molecule has 0 aromatic rings. The average molecular weight is 198 g/mol. The minimum atomic E-state index is 0.0266. The summed E-state index contributed by atoms with van der Waals surface area (Å²) in [6.07, 6.45) is 5.10. The highest BCUT2D eigenvalue weighted by Crippen LogP contribution is 2.31. The fraction of sp³-hybridized carbons (Fsp3) is 0.909. The maximum absolute atomic E-state index is 11.4. The molecule has 0 atom stereocenters. The maximum Gasteiger partial charge on any atom is 0.221 e. The predicted molar refractivity (Wildman–Crippen MR) is 57.9 cm³/mol. The molecule has 3 nitrogen and oxygen atoms in total. The van der Waals surface area contributed by atoms with Crippen LogP contribution in [0.1, 0.15) is 46.0 Å². The molecule has 0 unspecified atom stereocenters. The van der Waals surface area contributed by atoms with Gasteiger partial charge in [-0.25, -0.2) is 0 Å². The Kier molecular flexibility index (Phi) is 3.93. The Bertz CT molecular complexity index is 195. The molecule has 1 saturated carbocycles. The topological polar surface area (TPSA) is 55.1 Å². The third-order valence-corrected chi connectivity index (χ3v) is 3.19. The van der Waals surface area contributed by atoms with Crippen LogP contribution >= 0.6 is 0 Å². The summed E-state index contributed by atoms with van der Waals surface area (Å²) in [6.45, 7) is 4.87. The third kappa shape index (κ3) is 3.29. The number of carbonyl (C=O) groups excluding carboxylic acids is 1. The quantitative estimate of drug-likeness (QED) is 0.720. The number of hydrogen-bond donors (Lipinski definition) is 2. The van der Waals surface area contributed by atoms with Crippen molar-refractivity contribution in [3.05, 3.63) is 0 Å². The van der Waals surface area contributed by atoms with E-state index in [1.807, 2.05) is 0 Å². The van der Waals surface area contributed by atoms with E-state index < -0.39 is 0 Å². The summed E-state index contributed by atoms with van der Waals surface area (Å²) < 4.78 is 0. The van der Waals surface area contributed by atoms with E-state index in [-0.39, 0.29) is 11.4 Å². The number of amides is 1. The zero-order valence-corrected chi connectivity index (χ0v) is 9.31. The molecule has 1 aliphatic rings. The minimum absolute atomic E-state index is 0.0266. The van der Waals surface area contributed by atoms with Gasteiger partial charge in [0.2, 0.25) is 5.91 Å². The second kappa shape index (κ2) is 4.78. The predicted octanol–water partition coefficient (Wildman–Crippen LogP) is 1.42. The SMILES string of the molecule is CC1CCC(C)(NC(=O)CCN)CC1. The van der Waals surface area contributed by atoms with E-state index in [4.69, 9.17) is 5.73 Å². The van der Waals surface area contributed by atoms with Crippen molar-refractivity contribution in [1.82, 2.24) is 5.32 Å². The number of rotatable bonds is 3.